The van der Waals surface area contributed by atoms with Gasteiger partial charge in [-0.3, -0.25) is 4.79 Å². The van der Waals surface area contributed by atoms with Crippen LogP contribution in [-0.2, 0) is 11.8 Å². The standard InChI is InChI=1S/C26H26N4O2S/c1-18(19-13-15-21(16-14-19)20-9-5-4-6-10-20)27-24(31)17-33-26-29-28-25(30(26)2)22-11-7-8-12-23(22)32-3/h4-16,18H,17H2,1-3H3,(H,27,31). The minimum atomic E-state index is -0.0911. The number of para-hydroxylation sites is 1. The topological polar surface area (TPSA) is 69.0 Å². The summed E-state index contributed by atoms with van der Waals surface area (Å²) in [6, 6.07) is 26.1. The molecule has 7 heteroatoms. The molecule has 4 rings (SSSR count). The van der Waals surface area contributed by atoms with Crippen LogP contribution in [0.25, 0.3) is 22.5 Å². The van der Waals surface area contributed by atoms with Crippen LogP contribution in [0.1, 0.15) is 18.5 Å². The van der Waals surface area contributed by atoms with E-state index in [0.29, 0.717) is 11.0 Å². The van der Waals surface area contributed by atoms with Gasteiger partial charge in [0, 0.05) is 7.05 Å². The second-order valence-electron chi connectivity index (χ2n) is 7.63. The summed E-state index contributed by atoms with van der Waals surface area (Å²) in [5.41, 5.74) is 4.25. The molecule has 6 nitrogen and oxygen atoms in total. The number of aromatic nitrogens is 3. The van der Waals surface area contributed by atoms with Gasteiger partial charge in [0.05, 0.1) is 24.5 Å². The van der Waals surface area contributed by atoms with Crippen molar-refractivity contribution in [2.75, 3.05) is 12.9 Å². The third kappa shape index (κ3) is 5.26. The van der Waals surface area contributed by atoms with Crippen LogP contribution >= 0.6 is 11.8 Å². The Morgan fingerprint density at radius 3 is 2.36 bits per heavy atom. The summed E-state index contributed by atoms with van der Waals surface area (Å²) in [7, 11) is 3.52. The molecule has 1 amide bonds. The van der Waals surface area contributed by atoms with Crippen molar-refractivity contribution in [3.05, 3.63) is 84.4 Å². The van der Waals surface area contributed by atoms with Gasteiger partial charge in [-0.2, -0.15) is 0 Å². The Labute approximate surface area is 198 Å². The second-order valence-corrected chi connectivity index (χ2v) is 8.57. The van der Waals surface area contributed by atoms with Crippen LogP contribution in [0.3, 0.4) is 0 Å². The molecule has 0 fully saturated rings. The van der Waals surface area contributed by atoms with Crippen LogP contribution in [0.4, 0.5) is 0 Å². The summed E-state index contributed by atoms with van der Waals surface area (Å²) in [4.78, 5) is 12.6. The predicted octanol–water partition coefficient (Wildman–Crippen LogP) is 5.13. The maximum Gasteiger partial charge on any atom is 0.230 e. The maximum absolute atomic E-state index is 12.6. The number of nitrogens with one attached hydrogen (secondary N) is 1. The fraction of sp³-hybridized carbons (Fsp3) is 0.192. The number of benzene rings is 3. The van der Waals surface area contributed by atoms with Gasteiger partial charge in [-0.15, -0.1) is 10.2 Å². The summed E-state index contributed by atoms with van der Waals surface area (Å²) >= 11 is 1.36. The van der Waals surface area contributed by atoms with Crippen molar-refractivity contribution in [3.8, 4) is 28.3 Å². The number of methoxy groups -OCH3 is 1. The minimum absolute atomic E-state index is 0.0542. The molecule has 0 saturated heterocycles. The zero-order chi connectivity index (χ0) is 23.2. The molecule has 0 spiro atoms. The van der Waals surface area contributed by atoms with E-state index in [0.717, 1.165) is 22.4 Å². The van der Waals surface area contributed by atoms with E-state index in [4.69, 9.17) is 4.74 Å². The molecule has 0 aliphatic rings. The number of hydrogen-bond acceptors (Lipinski definition) is 5. The highest BCUT2D eigenvalue weighted by atomic mass is 32.2. The number of carbonyl (C=O) groups excluding carboxylic acids is 1. The molecule has 0 saturated carbocycles. The second kappa shape index (κ2) is 10.4. The zero-order valence-electron chi connectivity index (χ0n) is 18.9. The van der Waals surface area contributed by atoms with E-state index in [2.05, 4.69) is 51.9 Å². The normalized spacial score (nSPS) is 11.7. The van der Waals surface area contributed by atoms with Crippen LogP contribution < -0.4 is 10.1 Å². The van der Waals surface area contributed by atoms with Crippen molar-refractivity contribution >= 4 is 17.7 Å². The Balaban J connectivity index is 1.35. The first-order valence-electron chi connectivity index (χ1n) is 10.7. The number of rotatable bonds is 8. The van der Waals surface area contributed by atoms with Crippen molar-refractivity contribution in [2.45, 2.75) is 18.1 Å². The number of thioether (sulfide) groups is 1. The summed E-state index contributed by atoms with van der Waals surface area (Å²) in [5, 5.41) is 12.3. The third-order valence-electron chi connectivity index (χ3n) is 5.41. The lowest BCUT2D eigenvalue weighted by molar-refractivity contribution is -0.119. The lowest BCUT2D eigenvalue weighted by atomic mass is 10.0. The molecule has 0 aliphatic carbocycles. The average molecular weight is 459 g/mol. The molecular weight excluding hydrogens is 432 g/mol. The van der Waals surface area contributed by atoms with Crippen LogP contribution in [0.15, 0.2) is 84.0 Å². The smallest absolute Gasteiger partial charge is 0.230 e. The Hall–Kier alpha value is -3.58. The number of ether oxygens (including phenoxy) is 1. The Morgan fingerprint density at radius 1 is 0.970 bits per heavy atom. The van der Waals surface area contributed by atoms with Crippen molar-refractivity contribution in [2.24, 2.45) is 7.05 Å². The molecule has 3 aromatic carbocycles. The van der Waals surface area contributed by atoms with Gasteiger partial charge in [0.2, 0.25) is 5.91 Å². The molecule has 0 aliphatic heterocycles. The Kier molecular flexibility index (Phi) is 7.10. The van der Waals surface area contributed by atoms with Crippen molar-refractivity contribution < 1.29 is 9.53 Å². The van der Waals surface area contributed by atoms with Crippen LogP contribution in [-0.4, -0.2) is 33.5 Å². The SMILES string of the molecule is COc1ccccc1-c1nnc(SCC(=O)NC(C)c2ccc(-c3ccccc3)cc2)n1C. The van der Waals surface area contributed by atoms with Gasteiger partial charge < -0.3 is 14.6 Å². The highest BCUT2D eigenvalue weighted by Gasteiger charge is 2.16. The van der Waals surface area contributed by atoms with Gasteiger partial charge in [-0.05, 0) is 35.7 Å². The van der Waals surface area contributed by atoms with Gasteiger partial charge in [-0.1, -0.05) is 78.5 Å². The van der Waals surface area contributed by atoms with Crippen molar-refractivity contribution in [1.29, 1.82) is 0 Å². The molecule has 1 atom stereocenters. The number of nitrogens with zero attached hydrogens (tertiary/aromatic N) is 3. The number of hydrogen-bond donors (Lipinski definition) is 1. The van der Waals surface area contributed by atoms with Gasteiger partial charge >= 0.3 is 0 Å². The van der Waals surface area contributed by atoms with Gasteiger partial charge in [-0.25, -0.2) is 0 Å². The first-order valence-corrected chi connectivity index (χ1v) is 11.7. The van der Waals surface area contributed by atoms with Crippen LogP contribution in [0, 0.1) is 0 Å². The Bertz CT molecular complexity index is 1220. The maximum atomic E-state index is 12.6. The van der Waals surface area contributed by atoms with Gasteiger partial charge in [0.15, 0.2) is 11.0 Å². The lowest BCUT2D eigenvalue weighted by Crippen LogP contribution is -2.28. The molecule has 1 N–H and O–H groups in total. The summed E-state index contributed by atoms with van der Waals surface area (Å²) in [6.07, 6.45) is 0. The molecular formula is C26H26N4O2S. The van der Waals surface area contributed by atoms with E-state index in [1.807, 2.05) is 61.0 Å². The number of amides is 1. The van der Waals surface area contributed by atoms with E-state index < -0.39 is 0 Å². The van der Waals surface area contributed by atoms with E-state index in [9.17, 15) is 4.79 Å². The van der Waals surface area contributed by atoms with Crippen LogP contribution in [0.5, 0.6) is 5.75 Å². The zero-order valence-corrected chi connectivity index (χ0v) is 19.7. The molecule has 4 aromatic rings. The molecule has 0 radical (unpaired) electrons. The first-order chi connectivity index (χ1) is 16.1. The third-order valence-corrected chi connectivity index (χ3v) is 6.43. The fourth-order valence-electron chi connectivity index (χ4n) is 3.60. The predicted molar refractivity (Wildman–Crippen MR) is 132 cm³/mol. The fourth-order valence-corrected chi connectivity index (χ4v) is 4.32. The monoisotopic (exact) mass is 458 g/mol. The molecule has 1 unspecified atom stereocenters. The molecule has 1 heterocycles. The summed E-state index contributed by atoms with van der Waals surface area (Å²) < 4.78 is 7.30. The largest absolute Gasteiger partial charge is 0.496 e. The molecule has 168 valence electrons. The van der Waals surface area contributed by atoms with Gasteiger partial charge in [0.25, 0.3) is 0 Å². The van der Waals surface area contributed by atoms with Crippen molar-refractivity contribution in [3.63, 3.8) is 0 Å². The average Bonchev–Trinajstić information content (AvgIpc) is 3.23. The van der Waals surface area contributed by atoms with Crippen LogP contribution in [0.2, 0.25) is 0 Å². The van der Waals surface area contributed by atoms with E-state index >= 15 is 0 Å². The van der Waals surface area contributed by atoms with Crippen molar-refractivity contribution in [1.82, 2.24) is 20.1 Å². The first kappa shape index (κ1) is 22.6. The quantitative estimate of drug-likeness (QED) is 0.371. The van der Waals surface area contributed by atoms with Gasteiger partial charge in [0.1, 0.15) is 5.75 Å². The lowest BCUT2D eigenvalue weighted by Gasteiger charge is -2.15. The minimum Gasteiger partial charge on any atom is -0.496 e. The highest BCUT2D eigenvalue weighted by Crippen LogP contribution is 2.30. The summed E-state index contributed by atoms with van der Waals surface area (Å²) in [5.74, 6) is 1.63. The molecule has 0 bridgehead atoms. The molecule has 33 heavy (non-hydrogen) atoms. The van der Waals surface area contributed by atoms with E-state index in [1.165, 1.54) is 17.3 Å². The van der Waals surface area contributed by atoms with E-state index in [-0.39, 0.29) is 17.7 Å². The number of carbonyl (C=O) groups is 1. The summed E-state index contributed by atoms with van der Waals surface area (Å²) in [6.45, 7) is 1.99. The molecule has 1 aromatic heterocycles. The Morgan fingerprint density at radius 2 is 1.64 bits per heavy atom. The van der Waals surface area contributed by atoms with E-state index in [1.54, 1.807) is 7.11 Å². The highest BCUT2D eigenvalue weighted by molar-refractivity contribution is 7.99.